The monoisotopic (exact) mass is 213 g/mol. The lowest BCUT2D eigenvalue weighted by Crippen LogP contribution is -2.44. The first-order valence-electron chi connectivity index (χ1n) is 6.01. The fourth-order valence-corrected chi connectivity index (χ4v) is 2.25. The molecule has 0 spiro atoms. The van der Waals surface area contributed by atoms with E-state index in [-0.39, 0.29) is 5.92 Å². The standard InChI is InChI=1S/C12H23NO2/c1-4-9(2)8-13-6-5-11(12(14)15)7-10(13)3/h9-11H,4-8H2,1-3H3,(H,14,15). The number of rotatable bonds is 4. The Kier molecular flexibility index (Phi) is 4.58. The molecule has 1 aliphatic heterocycles. The van der Waals surface area contributed by atoms with Gasteiger partial charge in [0.15, 0.2) is 0 Å². The Bertz CT molecular complexity index is 218. The first kappa shape index (κ1) is 12.5. The van der Waals surface area contributed by atoms with Crippen LogP contribution in [0.25, 0.3) is 0 Å². The van der Waals surface area contributed by atoms with Gasteiger partial charge in [0.05, 0.1) is 5.92 Å². The molecule has 1 saturated heterocycles. The minimum Gasteiger partial charge on any atom is -0.481 e. The highest BCUT2D eigenvalue weighted by molar-refractivity contribution is 5.70. The Balaban J connectivity index is 2.42. The molecule has 0 aliphatic carbocycles. The van der Waals surface area contributed by atoms with Crippen molar-refractivity contribution in [1.82, 2.24) is 4.90 Å². The third-order valence-electron chi connectivity index (χ3n) is 3.61. The number of carboxylic acids is 1. The second-order valence-electron chi connectivity index (χ2n) is 4.92. The predicted molar refractivity (Wildman–Crippen MR) is 60.8 cm³/mol. The molecule has 1 fully saturated rings. The molecule has 1 N–H and O–H groups in total. The topological polar surface area (TPSA) is 40.5 Å². The zero-order chi connectivity index (χ0) is 11.4. The number of nitrogens with zero attached hydrogens (tertiary/aromatic N) is 1. The van der Waals surface area contributed by atoms with Crippen LogP contribution < -0.4 is 0 Å². The highest BCUT2D eigenvalue weighted by atomic mass is 16.4. The van der Waals surface area contributed by atoms with E-state index in [9.17, 15) is 4.79 Å². The van der Waals surface area contributed by atoms with Crippen molar-refractivity contribution in [2.45, 2.75) is 46.1 Å². The van der Waals surface area contributed by atoms with E-state index in [0.29, 0.717) is 12.0 Å². The molecule has 0 aromatic rings. The van der Waals surface area contributed by atoms with Gasteiger partial charge in [-0.3, -0.25) is 4.79 Å². The summed E-state index contributed by atoms with van der Waals surface area (Å²) in [6, 6.07) is 0.425. The molecule has 15 heavy (non-hydrogen) atoms. The van der Waals surface area contributed by atoms with Crippen LogP contribution in [0.2, 0.25) is 0 Å². The number of likely N-dealkylation sites (tertiary alicyclic amines) is 1. The van der Waals surface area contributed by atoms with Crippen molar-refractivity contribution in [3.05, 3.63) is 0 Å². The highest BCUT2D eigenvalue weighted by Crippen LogP contribution is 2.24. The van der Waals surface area contributed by atoms with Crippen molar-refractivity contribution < 1.29 is 9.90 Å². The van der Waals surface area contributed by atoms with E-state index >= 15 is 0 Å². The fourth-order valence-electron chi connectivity index (χ4n) is 2.25. The summed E-state index contributed by atoms with van der Waals surface area (Å²) in [5.74, 6) is -0.0212. The van der Waals surface area contributed by atoms with E-state index in [0.717, 1.165) is 25.9 Å². The number of carbonyl (C=O) groups is 1. The van der Waals surface area contributed by atoms with E-state index < -0.39 is 5.97 Å². The largest absolute Gasteiger partial charge is 0.481 e. The highest BCUT2D eigenvalue weighted by Gasteiger charge is 2.29. The average Bonchev–Trinajstić information content (AvgIpc) is 2.20. The van der Waals surface area contributed by atoms with Crippen molar-refractivity contribution in [3.8, 4) is 0 Å². The molecule has 0 bridgehead atoms. The summed E-state index contributed by atoms with van der Waals surface area (Å²) in [6.45, 7) is 8.68. The van der Waals surface area contributed by atoms with Crippen LogP contribution in [0.4, 0.5) is 0 Å². The maximum atomic E-state index is 10.9. The van der Waals surface area contributed by atoms with Crippen LogP contribution in [0.5, 0.6) is 0 Å². The predicted octanol–water partition coefficient (Wildman–Crippen LogP) is 2.22. The van der Waals surface area contributed by atoms with Crippen molar-refractivity contribution in [3.63, 3.8) is 0 Å². The zero-order valence-corrected chi connectivity index (χ0v) is 10.1. The molecule has 88 valence electrons. The molecule has 3 unspecified atom stereocenters. The van der Waals surface area contributed by atoms with Gasteiger partial charge in [0.1, 0.15) is 0 Å². The van der Waals surface area contributed by atoms with Gasteiger partial charge in [0.25, 0.3) is 0 Å². The minimum absolute atomic E-state index is 0.117. The van der Waals surface area contributed by atoms with Gasteiger partial charge in [-0.25, -0.2) is 0 Å². The maximum absolute atomic E-state index is 10.9. The Morgan fingerprint density at radius 3 is 2.73 bits per heavy atom. The molecular weight excluding hydrogens is 190 g/mol. The molecule has 3 heteroatoms. The van der Waals surface area contributed by atoms with Gasteiger partial charge >= 0.3 is 5.97 Å². The van der Waals surface area contributed by atoms with Crippen molar-refractivity contribution >= 4 is 5.97 Å². The molecule has 0 aromatic carbocycles. The molecule has 0 saturated carbocycles. The van der Waals surface area contributed by atoms with Crippen LogP contribution in [0.3, 0.4) is 0 Å². The Morgan fingerprint density at radius 2 is 2.27 bits per heavy atom. The smallest absolute Gasteiger partial charge is 0.306 e. The van der Waals surface area contributed by atoms with Crippen molar-refractivity contribution in [2.75, 3.05) is 13.1 Å². The van der Waals surface area contributed by atoms with Gasteiger partial charge in [0, 0.05) is 12.6 Å². The summed E-state index contributed by atoms with van der Waals surface area (Å²) in [5, 5.41) is 8.95. The Hall–Kier alpha value is -0.570. The van der Waals surface area contributed by atoms with Crippen LogP contribution in [0.1, 0.15) is 40.0 Å². The van der Waals surface area contributed by atoms with Crippen LogP contribution >= 0.6 is 0 Å². The molecular formula is C12H23NO2. The molecule has 1 aliphatic rings. The number of hydrogen-bond acceptors (Lipinski definition) is 2. The van der Waals surface area contributed by atoms with Gasteiger partial charge in [-0.15, -0.1) is 0 Å². The zero-order valence-electron chi connectivity index (χ0n) is 10.1. The lowest BCUT2D eigenvalue weighted by molar-refractivity contribution is -0.144. The molecule has 0 radical (unpaired) electrons. The van der Waals surface area contributed by atoms with Crippen molar-refractivity contribution in [1.29, 1.82) is 0 Å². The summed E-state index contributed by atoms with van der Waals surface area (Å²) in [6.07, 6.45) is 2.83. The third kappa shape index (κ3) is 3.49. The summed E-state index contributed by atoms with van der Waals surface area (Å²) in [4.78, 5) is 13.3. The maximum Gasteiger partial charge on any atom is 0.306 e. The minimum atomic E-state index is -0.620. The molecule has 0 amide bonds. The SMILES string of the molecule is CCC(C)CN1CCC(C(=O)O)CC1C. The first-order chi connectivity index (χ1) is 7.04. The van der Waals surface area contributed by atoms with Crippen LogP contribution in [0, 0.1) is 11.8 Å². The summed E-state index contributed by atoms with van der Waals surface area (Å²) < 4.78 is 0. The first-order valence-corrected chi connectivity index (χ1v) is 6.01. The molecule has 1 heterocycles. The summed E-state index contributed by atoms with van der Waals surface area (Å²) in [5.41, 5.74) is 0. The second-order valence-corrected chi connectivity index (χ2v) is 4.92. The van der Waals surface area contributed by atoms with Gasteiger partial charge in [0.2, 0.25) is 0 Å². The van der Waals surface area contributed by atoms with Crippen LogP contribution in [-0.2, 0) is 4.79 Å². The Labute approximate surface area is 92.5 Å². The fraction of sp³-hybridized carbons (Fsp3) is 0.917. The number of aliphatic carboxylic acids is 1. The normalized spacial score (nSPS) is 30.1. The lowest BCUT2D eigenvalue weighted by Gasteiger charge is -2.37. The molecule has 0 aromatic heterocycles. The van der Waals surface area contributed by atoms with E-state index in [1.165, 1.54) is 6.42 Å². The van der Waals surface area contributed by atoms with Crippen molar-refractivity contribution in [2.24, 2.45) is 11.8 Å². The lowest BCUT2D eigenvalue weighted by atomic mass is 9.91. The Morgan fingerprint density at radius 1 is 1.60 bits per heavy atom. The summed E-state index contributed by atoms with van der Waals surface area (Å²) in [7, 11) is 0. The van der Waals surface area contributed by atoms with Gasteiger partial charge in [-0.1, -0.05) is 20.3 Å². The molecule has 1 rings (SSSR count). The molecule has 3 atom stereocenters. The average molecular weight is 213 g/mol. The van der Waals surface area contributed by atoms with E-state index in [4.69, 9.17) is 5.11 Å². The second kappa shape index (κ2) is 5.50. The van der Waals surface area contributed by atoms with Crippen LogP contribution in [0.15, 0.2) is 0 Å². The van der Waals surface area contributed by atoms with Gasteiger partial charge in [-0.2, -0.15) is 0 Å². The van der Waals surface area contributed by atoms with Gasteiger partial charge < -0.3 is 10.0 Å². The third-order valence-corrected chi connectivity index (χ3v) is 3.61. The molecule has 3 nitrogen and oxygen atoms in total. The number of hydrogen-bond donors (Lipinski definition) is 1. The van der Waals surface area contributed by atoms with E-state index in [1.54, 1.807) is 0 Å². The van der Waals surface area contributed by atoms with Gasteiger partial charge in [-0.05, 0) is 32.2 Å². The number of piperidine rings is 1. The van der Waals surface area contributed by atoms with E-state index in [1.807, 2.05) is 0 Å². The quantitative estimate of drug-likeness (QED) is 0.778. The number of carboxylic acid groups (broad SMARTS) is 1. The van der Waals surface area contributed by atoms with Crippen LogP contribution in [-0.4, -0.2) is 35.1 Å². The summed E-state index contributed by atoms with van der Waals surface area (Å²) >= 11 is 0. The van der Waals surface area contributed by atoms with E-state index in [2.05, 4.69) is 25.7 Å².